The molecule has 21 heavy (non-hydrogen) atoms. The molecule has 0 unspecified atom stereocenters. The number of carboxylic acids is 1. The Bertz CT molecular complexity index is 698. The number of hydrogen-bond donors (Lipinski definition) is 2. The maximum atomic E-state index is 12.4. The summed E-state index contributed by atoms with van der Waals surface area (Å²) in [6.07, 6.45) is 0.419. The highest BCUT2D eigenvalue weighted by molar-refractivity contribution is 7.89. The number of sulfonamides is 1. The summed E-state index contributed by atoms with van der Waals surface area (Å²) in [4.78, 5) is 10.7. The van der Waals surface area contributed by atoms with E-state index in [2.05, 4.69) is 0 Å². The van der Waals surface area contributed by atoms with Crippen molar-refractivity contribution in [3.63, 3.8) is 0 Å². The van der Waals surface area contributed by atoms with Crippen LogP contribution in [0.3, 0.4) is 0 Å². The van der Waals surface area contributed by atoms with E-state index in [1.165, 1.54) is 0 Å². The van der Waals surface area contributed by atoms with Crippen LogP contribution < -0.4 is 0 Å². The second-order valence-electron chi connectivity index (χ2n) is 4.92. The summed E-state index contributed by atoms with van der Waals surface area (Å²) in [7, 11) is -4.00. The predicted octanol–water partition coefficient (Wildman–Crippen LogP) is 1.84. The number of aliphatic hydroxyl groups is 1. The first-order valence-corrected chi connectivity index (χ1v) is 8.25. The van der Waals surface area contributed by atoms with Crippen LogP contribution >= 0.6 is 23.2 Å². The molecule has 0 aromatic heterocycles. The molecule has 0 spiro atoms. The molecular formula is C12H13Cl2NO5S. The summed E-state index contributed by atoms with van der Waals surface area (Å²) >= 11 is 11.6. The van der Waals surface area contributed by atoms with Gasteiger partial charge in [0.1, 0.15) is 4.90 Å². The Morgan fingerprint density at radius 3 is 2.43 bits per heavy atom. The number of nitrogens with zero attached hydrogens (tertiary/aromatic N) is 1. The van der Waals surface area contributed by atoms with Gasteiger partial charge in [-0.25, -0.2) is 13.2 Å². The molecule has 0 radical (unpaired) electrons. The smallest absolute Gasteiger partial charge is 0.337 e. The van der Waals surface area contributed by atoms with Gasteiger partial charge in [-0.15, -0.1) is 0 Å². The molecule has 0 aliphatic carbocycles. The predicted molar refractivity (Wildman–Crippen MR) is 77.4 cm³/mol. The summed E-state index contributed by atoms with van der Waals surface area (Å²) < 4.78 is 25.9. The molecule has 9 heteroatoms. The Hall–Kier alpha value is -0.860. The van der Waals surface area contributed by atoms with E-state index >= 15 is 0 Å². The lowest BCUT2D eigenvalue weighted by atomic mass is 9.94. The molecule has 0 atom stereocenters. The van der Waals surface area contributed by atoms with E-state index in [9.17, 15) is 18.3 Å². The van der Waals surface area contributed by atoms with Crippen molar-refractivity contribution in [3.8, 4) is 0 Å². The van der Waals surface area contributed by atoms with Gasteiger partial charge < -0.3 is 10.2 Å². The normalized spacial score (nSPS) is 18.3. The van der Waals surface area contributed by atoms with Gasteiger partial charge in [-0.3, -0.25) is 0 Å². The van der Waals surface area contributed by atoms with E-state index in [1.807, 2.05) is 0 Å². The van der Waals surface area contributed by atoms with Crippen LogP contribution in [0, 0.1) is 0 Å². The molecule has 1 aromatic rings. The van der Waals surface area contributed by atoms with Gasteiger partial charge in [0.2, 0.25) is 10.0 Å². The summed E-state index contributed by atoms with van der Waals surface area (Å²) in [6.45, 7) is 1.63. The average molecular weight is 354 g/mol. The van der Waals surface area contributed by atoms with Crippen molar-refractivity contribution in [2.45, 2.75) is 23.8 Å². The number of halogens is 2. The van der Waals surface area contributed by atoms with E-state index in [4.69, 9.17) is 28.3 Å². The number of rotatable bonds is 4. The number of carbonyl (C=O) groups is 1. The van der Waals surface area contributed by atoms with Crippen molar-refractivity contribution in [2.24, 2.45) is 0 Å². The molecule has 6 nitrogen and oxygen atoms in total. The number of hydrogen-bond acceptors (Lipinski definition) is 4. The SMILES string of the molecule is CCC1(O)CN(S(=O)(=O)c2cc(Cl)cc(C(=O)O)c2Cl)C1. The second kappa shape index (κ2) is 5.40. The van der Waals surface area contributed by atoms with Crippen LogP contribution in [0.25, 0.3) is 0 Å². The molecule has 1 heterocycles. The van der Waals surface area contributed by atoms with E-state index in [0.29, 0.717) is 6.42 Å². The van der Waals surface area contributed by atoms with Crippen LogP contribution in [0.15, 0.2) is 17.0 Å². The van der Waals surface area contributed by atoms with Gasteiger partial charge in [-0.2, -0.15) is 4.31 Å². The van der Waals surface area contributed by atoms with Gasteiger partial charge in [0.15, 0.2) is 0 Å². The van der Waals surface area contributed by atoms with E-state index in [-0.39, 0.29) is 33.6 Å². The van der Waals surface area contributed by atoms with Crippen molar-refractivity contribution in [1.29, 1.82) is 0 Å². The summed E-state index contributed by atoms with van der Waals surface area (Å²) in [5.41, 5.74) is -1.43. The van der Waals surface area contributed by atoms with E-state index in [1.54, 1.807) is 6.92 Å². The fraction of sp³-hybridized carbons (Fsp3) is 0.417. The van der Waals surface area contributed by atoms with Gasteiger partial charge in [0.25, 0.3) is 0 Å². The van der Waals surface area contributed by atoms with E-state index < -0.39 is 21.6 Å². The molecule has 2 rings (SSSR count). The van der Waals surface area contributed by atoms with Crippen LogP contribution in [-0.2, 0) is 10.0 Å². The number of benzene rings is 1. The molecule has 1 aromatic carbocycles. The lowest BCUT2D eigenvalue weighted by Crippen LogP contribution is -2.62. The molecule has 0 amide bonds. The van der Waals surface area contributed by atoms with Gasteiger partial charge in [0.05, 0.1) is 16.2 Å². The zero-order chi connectivity index (χ0) is 16.0. The van der Waals surface area contributed by atoms with Crippen molar-refractivity contribution < 1.29 is 23.4 Å². The molecule has 116 valence electrons. The van der Waals surface area contributed by atoms with Crippen molar-refractivity contribution >= 4 is 39.2 Å². The molecule has 0 saturated carbocycles. The highest BCUT2D eigenvalue weighted by Gasteiger charge is 2.46. The van der Waals surface area contributed by atoms with Crippen molar-refractivity contribution in [3.05, 3.63) is 27.7 Å². The fourth-order valence-electron chi connectivity index (χ4n) is 2.05. The van der Waals surface area contributed by atoms with E-state index in [0.717, 1.165) is 16.4 Å². The first-order valence-electron chi connectivity index (χ1n) is 6.05. The van der Waals surface area contributed by atoms with Crippen molar-refractivity contribution in [2.75, 3.05) is 13.1 Å². The standard InChI is InChI=1S/C12H13Cl2NO5S/c1-2-12(18)5-15(6-12)21(19,20)9-4-7(13)3-8(10(9)14)11(16)17/h3-4,18H,2,5-6H2,1H3,(H,16,17). The number of β-amino-alcohol motifs (C(OH)–C–C–N with tert-alkyl or cyclic N) is 1. The van der Waals surface area contributed by atoms with Crippen LogP contribution in [0.1, 0.15) is 23.7 Å². The summed E-state index contributed by atoms with van der Waals surface area (Å²) in [5.74, 6) is -1.37. The van der Waals surface area contributed by atoms with Gasteiger partial charge in [-0.05, 0) is 18.6 Å². The third kappa shape index (κ3) is 2.89. The maximum Gasteiger partial charge on any atom is 0.337 e. The maximum absolute atomic E-state index is 12.4. The minimum atomic E-state index is -4.00. The third-order valence-electron chi connectivity index (χ3n) is 3.45. The first-order chi connectivity index (χ1) is 9.60. The Balaban J connectivity index is 2.45. The Kier molecular flexibility index (Phi) is 4.25. The largest absolute Gasteiger partial charge is 0.478 e. The lowest BCUT2D eigenvalue weighted by molar-refractivity contribution is -0.0613. The summed E-state index contributed by atoms with van der Waals surface area (Å²) in [6, 6.07) is 2.19. The topological polar surface area (TPSA) is 94.9 Å². The molecule has 2 N–H and O–H groups in total. The zero-order valence-electron chi connectivity index (χ0n) is 11.0. The highest BCUT2D eigenvalue weighted by Crippen LogP contribution is 2.35. The van der Waals surface area contributed by atoms with Gasteiger partial charge >= 0.3 is 5.97 Å². The first kappa shape index (κ1) is 16.5. The number of carboxylic acid groups (broad SMARTS) is 1. The lowest BCUT2D eigenvalue weighted by Gasteiger charge is -2.44. The van der Waals surface area contributed by atoms with Gasteiger partial charge in [0, 0.05) is 18.1 Å². The minimum absolute atomic E-state index is 0.0401. The fourth-order valence-corrected chi connectivity index (χ4v) is 4.53. The summed E-state index contributed by atoms with van der Waals surface area (Å²) in [5, 5.41) is 18.5. The van der Waals surface area contributed by atoms with Gasteiger partial charge in [-0.1, -0.05) is 30.1 Å². The van der Waals surface area contributed by atoms with Crippen LogP contribution in [0.4, 0.5) is 0 Å². The van der Waals surface area contributed by atoms with Crippen molar-refractivity contribution in [1.82, 2.24) is 4.31 Å². The quantitative estimate of drug-likeness (QED) is 0.860. The average Bonchev–Trinajstić information content (AvgIpc) is 2.36. The Morgan fingerprint density at radius 1 is 1.38 bits per heavy atom. The molecule has 1 aliphatic heterocycles. The zero-order valence-corrected chi connectivity index (χ0v) is 13.3. The minimum Gasteiger partial charge on any atom is -0.478 e. The second-order valence-corrected chi connectivity index (χ2v) is 7.64. The molecular weight excluding hydrogens is 341 g/mol. The Labute approximate surface area is 131 Å². The Morgan fingerprint density at radius 2 is 1.95 bits per heavy atom. The number of aromatic carboxylic acids is 1. The van der Waals surface area contributed by atoms with Crippen LogP contribution in [-0.4, -0.2) is 47.6 Å². The molecule has 0 bridgehead atoms. The molecule has 1 aliphatic rings. The van der Waals surface area contributed by atoms with Crippen LogP contribution in [0.5, 0.6) is 0 Å². The molecule has 1 fully saturated rings. The third-order valence-corrected chi connectivity index (χ3v) is 6.00. The molecule has 1 saturated heterocycles. The highest BCUT2D eigenvalue weighted by atomic mass is 35.5. The van der Waals surface area contributed by atoms with Crippen LogP contribution in [0.2, 0.25) is 10.0 Å². The monoisotopic (exact) mass is 353 g/mol.